The smallest absolute Gasteiger partial charge is 0.256 e. The SMILES string of the molecule is Cc1cc(Br)c2c(c1)/C(=C/C(=O)c1ccc(Br)s1)C(=O)N2. The predicted molar refractivity (Wildman–Crippen MR) is 91.8 cm³/mol. The fourth-order valence-corrected chi connectivity index (χ4v) is 4.15. The summed E-state index contributed by atoms with van der Waals surface area (Å²) in [7, 11) is 0. The van der Waals surface area contributed by atoms with Gasteiger partial charge in [0.15, 0.2) is 5.78 Å². The molecule has 0 aliphatic carbocycles. The fraction of sp³-hybridized carbons (Fsp3) is 0.0667. The van der Waals surface area contributed by atoms with E-state index in [0.717, 1.165) is 25.1 Å². The van der Waals surface area contributed by atoms with Crippen LogP contribution in [-0.2, 0) is 4.79 Å². The van der Waals surface area contributed by atoms with Gasteiger partial charge < -0.3 is 5.32 Å². The Kier molecular flexibility index (Phi) is 3.86. The van der Waals surface area contributed by atoms with Gasteiger partial charge >= 0.3 is 0 Å². The molecule has 1 amide bonds. The number of amides is 1. The third-order valence-corrected chi connectivity index (χ3v) is 5.36. The molecule has 1 N–H and O–H groups in total. The van der Waals surface area contributed by atoms with Crippen LogP contribution in [0.2, 0.25) is 0 Å². The van der Waals surface area contributed by atoms with Crippen molar-refractivity contribution in [1.82, 2.24) is 0 Å². The van der Waals surface area contributed by atoms with Gasteiger partial charge in [-0.05, 0) is 68.6 Å². The first kappa shape index (κ1) is 14.7. The number of allylic oxidation sites excluding steroid dienone is 1. The van der Waals surface area contributed by atoms with Gasteiger partial charge in [0.05, 0.1) is 19.9 Å². The summed E-state index contributed by atoms with van der Waals surface area (Å²) in [5.74, 6) is -0.415. The molecule has 0 bridgehead atoms. The number of halogens is 2. The molecule has 1 aromatic carbocycles. The Morgan fingerprint density at radius 3 is 2.71 bits per heavy atom. The topological polar surface area (TPSA) is 46.2 Å². The molecule has 0 fully saturated rings. The number of fused-ring (bicyclic) bond motifs is 1. The van der Waals surface area contributed by atoms with Crippen molar-refractivity contribution in [2.24, 2.45) is 0 Å². The van der Waals surface area contributed by atoms with E-state index in [-0.39, 0.29) is 11.7 Å². The lowest BCUT2D eigenvalue weighted by Crippen LogP contribution is -2.05. The van der Waals surface area contributed by atoms with Gasteiger partial charge in [0.2, 0.25) is 0 Å². The lowest BCUT2D eigenvalue weighted by atomic mass is 10.0. The Morgan fingerprint density at radius 1 is 1.29 bits per heavy atom. The minimum atomic E-state index is -0.250. The summed E-state index contributed by atoms with van der Waals surface area (Å²) in [5, 5.41) is 2.79. The number of hydrogen-bond acceptors (Lipinski definition) is 3. The quantitative estimate of drug-likeness (QED) is 0.553. The molecule has 0 saturated heterocycles. The number of thiophene rings is 1. The lowest BCUT2D eigenvalue weighted by Gasteiger charge is -2.03. The predicted octanol–water partition coefficient (Wildman–Crippen LogP) is 4.80. The molecule has 1 aliphatic heterocycles. The van der Waals surface area contributed by atoms with E-state index >= 15 is 0 Å². The van der Waals surface area contributed by atoms with Crippen LogP contribution < -0.4 is 5.32 Å². The molecular formula is C15H9Br2NO2S. The van der Waals surface area contributed by atoms with Crippen molar-refractivity contribution in [3.8, 4) is 0 Å². The zero-order chi connectivity index (χ0) is 15.1. The molecule has 0 radical (unpaired) electrons. The first-order valence-electron chi connectivity index (χ1n) is 6.09. The number of hydrogen-bond donors (Lipinski definition) is 1. The highest BCUT2D eigenvalue weighted by atomic mass is 79.9. The van der Waals surface area contributed by atoms with Crippen molar-refractivity contribution in [1.29, 1.82) is 0 Å². The van der Waals surface area contributed by atoms with E-state index in [2.05, 4.69) is 37.2 Å². The highest BCUT2D eigenvalue weighted by Gasteiger charge is 2.27. The van der Waals surface area contributed by atoms with Gasteiger partial charge in [-0.15, -0.1) is 11.3 Å². The summed E-state index contributed by atoms with van der Waals surface area (Å²) >= 11 is 8.12. The van der Waals surface area contributed by atoms with Crippen LogP contribution in [0.1, 0.15) is 20.8 Å². The zero-order valence-electron chi connectivity index (χ0n) is 10.9. The summed E-state index contributed by atoms with van der Waals surface area (Å²) < 4.78 is 1.71. The minimum absolute atomic E-state index is 0.165. The third-order valence-electron chi connectivity index (χ3n) is 3.10. The van der Waals surface area contributed by atoms with Crippen LogP contribution in [0.3, 0.4) is 0 Å². The largest absolute Gasteiger partial charge is 0.320 e. The molecule has 2 aromatic rings. The van der Waals surface area contributed by atoms with E-state index in [1.165, 1.54) is 17.4 Å². The van der Waals surface area contributed by atoms with Crippen LogP contribution in [0.25, 0.3) is 5.57 Å². The number of ketones is 1. The van der Waals surface area contributed by atoms with E-state index in [4.69, 9.17) is 0 Å². The third kappa shape index (κ3) is 2.75. The number of benzene rings is 1. The second kappa shape index (κ2) is 5.51. The summed E-state index contributed by atoms with van der Waals surface area (Å²) in [4.78, 5) is 25.0. The summed E-state index contributed by atoms with van der Waals surface area (Å²) in [5.41, 5.74) is 2.91. The van der Waals surface area contributed by atoms with E-state index in [0.29, 0.717) is 10.5 Å². The molecule has 0 saturated carbocycles. The Hall–Kier alpha value is -1.24. The summed E-state index contributed by atoms with van der Waals surface area (Å²) in [6.45, 7) is 1.95. The molecule has 1 aromatic heterocycles. The minimum Gasteiger partial charge on any atom is -0.320 e. The molecule has 2 heterocycles. The monoisotopic (exact) mass is 425 g/mol. The molecule has 3 rings (SSSR count). The first-order valence-corrected chi connectivity index (χ1v) is 8.49. The van der Waals surface area contributed by atoms with Gasteiger partial charge in [-0.3, -0.25) is 9.59 Å². The number of nitrogens with one attached hydrogen (secondary N) is 1. The van der Waals surface area contributed by atoms with Crippen LogP contribution in [0.4, 0.5) is 5.69 Å². The molecule has 6 heteroatoms. The maximum absolute atomic E-state index is 12.3. The summed E-state index contributed by atoms with van der Waals surface area (Å²) in [6, 6.07) is 7.40. The maximum Gasteiger partial charge on any atom is 0.256 e. The summed E-state index contributed by atoms with van der Waals surface area (Å²) in [6.07, 6.45) is 1.41. The second-order valence-corrected chi connectivity index (χ2v) is 7.97. The maximum atomic E-state index is 12.3. The van der Waals surface area contributed by atoms with Crippen molar-refractivity contribution in [2.75, 3.05) is 5.32 Å². The number of anilines is 1. The molecule has 21 heavy (non-hydrogen) atoms. The molecule has 3 nitrogen and oxygen atoms in total. The normalized spacial score (nSPS) is 15.2. The Balaban J connectivity index is 2.06. The van der Waals surface area contributed by atoms with Crippen LogP contribution in [0.5, 0.6) is 0 Å². The van der Waals surface area contributed by atoms with Gasteiger partial charge in [-0.2, -0.15) is 0 Å². The number of aryl methyl sites for hydroxylation is 1. The highest BCUT2D eigenvalue weighted by Crippen LogP contribution is 2.38. The van der Waals surface area contributed by atoms with E-state index in [9.17, 15) is 9.59 Å². The van der Waals surface area contributed by atoms with Crippen molar-refractivity contribution in [3.05, 3.63) is 54.6 Å². The van der Waals surface area contributed by atoms with Crippen molar-refractivity contribution in [3.63, 3.8) is 0 Å². The molecular weight excluding hydrogens is 418 g/mol. The average molecular weight is 427 g/mol. The van der Waals surface area contributed by atoms with Crippen molar-refractivity contribution in [2.45, 2.75) is 6.92 Å². The molecule has 1 aliphatic rings. The first-order chi connectivity index (χ1) is 9.95. The number of carbonyl (C=O) groups is 2. The van der Waals surface area contributed by atoms with Gasteiger partial charge in [0, 0.05) is 16.1 Å². The Bertz CT molecular complexity index is 808. The van der Waals surface area contributed by atoms with Gasteiger partial charge in [-0.25, -0.2) is 0 Å². The van der Waals surface area contributed by atoms with Gasteiger partial charge in [0.1, 0.15) is 0 Å². The van der Waals surface area contributed by atoms with Crippen LogP contribution in [-0.4, -0.2) is 11.7 Å². The average Bonchev–Trinajstić information content (AvgIpc) is 2.96. The van der Waals surface area contributed by atoms with E-state index in [1.807, 2.05) is 25.1 Å². The van der Waals surface area contributed by atoms with E-state index < -0.39 is 0 Å². The lowest BCUT2D eigenvalue weighted by molar-refractivity contribution is -0.110. The molecule has 106 valence electrons. The van der Waals surface area contributed by atoms with Gasteiger partial charge in [-0.1, -0.05) is 0 Å². The molecule has 0 spiro atoms. The van der Waals surface area contributed by atoms with Crippen molar-refractivity contribution < 1.29 is 9.59 Å². The Morgan fingerprint density at radius 2 is 2.05 bits per heavy atom. The Labute approximate surface area is 142 Å². The van der Waals surface area contributed by atoms with E-state index in [1.54, 1.807) is 6.07 Å². The number of carbonyl (C=O) groups excluding carboxylic acids is 2. The zero-order valence-corrected chi connectivity index (χ0v) is 14.9. The van der Waals surface area contributed by atoms with Crippen LogP contribution in [0, 0.1) is 6.92 Å². The highest BCUT2D eigenvalue weighted by molar-refractivity contribution is 9.11. The molecule has 0 unspecified atom stereocenters. The van der Waals surface area contributed by atoms with Crippen molar-refractivity contribution >= 4 is 66.1 Å². The fourth-order valence-electron chi connectivity index (χ4n) is 2.18. The second-order valence-electron chi connectivity index (χ2n) is 4.65. The van der Waals surface area contributed by atoms with Crippen LogP contribution in [0.15, 0.2) is 38.6 Å². The standard InChI is InChI=1S/C15H9Br2NO2S/c1-7-4-8-9(15(20)18-14(8)10(16)5-7)6-11(19)12-2-3-13(17)21-12/h2-6H,1H3,(H,18,20)/b9-6-. The molecule has 0 atom stereocenters. The van der Waals surface area contributed by atoms with Crippen LogP contribution >= 0.6 is 43.2 Å². The number of rotatable bonds is 2. The van der Waals surface area contributed by atoms with Gasteiger partial charge in [0.25, 0.3) is 5.91 Å².